The quantitative estimate of drug-likeness (QED) is 0.747. The van der Waals surface area contributed by atoms with E-state index in [0.29, 0.717) is 24.5 Å². The fraction of sp³-hybridized carbons (Fsp3) is 0.938. The van der Waals surface area contributed by atoms with E-state index in [4.69, 9.17) is 5.73 Å². The minimum Gasteiger partial charge on any atom is -0.352 e. The van der Waals surface area contributed by atoms with Crippen LogP contribution >= 0.6 is 0 Å². The molecule has 2 saturated carbocycles. The first-order valence-electron chi connectivity index (χ1n) is 8.33. The van der Waals surface area contributed by atoms with Crippen molar-refractivity contribution in [2.75, 3.05) is 20.1 Å². The molecule has 4 nitrogen and oxygen atoms in total. The van der Waals surface area contributed by atoms with Crippen LogP contribution in [0.4, 0.5) is 0 Å². The highest BCUT2D eigenvalue weighted by Gasteiger charge is 2.33. The Bertz CT molecular complexity index is 317. The summed E-state index contributed by atoms with van der Waals surface area (Å²) in [7, 11) is 2.09. The van der Waals surface area contributed by atoms with Crippen LogP contribution < -0.4 is 11.1 Å². The minimum atomic E-state index is 0.184. The van der Waals surface area contributed by atoms with Gasteiger partial charge in [0.1, 0.15) is 0 Å². The molecule has 1 amide bonds. The second-order valence-electron chi connectivity index (χ2n) is 6.79. The molecule has 4 heteroatoms. The molecule has 3 atom stereocenters. The summed E-state index contributed by atoms with van der Waals surface area (Å²) in [5, 5.41) is 3.08. The number of rotatable bonds is 7. The Balaban J connectivity index is 1.85. The highest BCUT2D eigenvalue weighted by molar-refractivity contribution is 5.78. The van der Waals surface area contributed by atoms with Crippen molar-refractivity contribution >= 4 is 5.91 Å². The van der Waals surface area contributed by atoms with Crippen molar-refractivity contribution < 1.29 is 4.79 Å². The molecular formula is C16H31N3O. The van der Waals surface area contributed by atoms with Gasteiger partial charge in [0.2, 0.25) is 5.91 Å². The van der Waals surface area contributed by atoms with E-state index in [-0.39, 0.29) is 5.91 Å². The maximum atomic E-state index is 12.0. The second-order valence-corrected chi connectivity index (χ2v) is 6.79. The molecule has 0 aliphatic heterocycles. The normalized spacial score (nSPS) is 30.5. The molecule has 3 unspecified atom stereocenters. The summed E-state index contributed by atoms with van der Waals surface area (Å²) in [6, 6.07) is 0.940. The lowest BCUT2D eigenvalue weighted by atomic mass is 9.76. The Morgan fingerprint density at radius 3 is 2.65 bits per heavy atom. The van der Waals surface area contributed by atoms with Gasteiger partial charge < -0.3 is 11.1 Å². The average Bonchev–Trinajstić information content (AvgIpc) is 3.22. The second kappa shape index (κ2) is 7.41. The van der Waals surface area contributed by atoms with E-state index in [1.807, 2.05) is 0 Å². The van der Waals surface area contributed by atoms with Crippen molar-refractivity contribution in [3.63, 3.8) is 0 Å². The molecule has 0 saturated heterocycles. The predicted molar refractivity (Wildman–Crippen MR) is 82.4 cm³/mol. The number of carbonyl (C=O) groups is 1. The first kappa shape index (κ1) is 15.8. The van der Waals surface area contributed by atoms with E-state index >= 15 is 0 Å². The van der Waals surface area contributed by atoms with Crippen LogP contribution in [0.2, 0.25) is 0 Å². The minimum absolute atomic E-state index is 0.184. The topological polar surface area (TPSA) is 58.4 Å². The zero-order chi connectivity index (χ0) is 14.5. The Labute approximate surface area is 123 Å². The van der Waals surface area contributed by atoms with E-state index in [1.165, 1.54) is 32.1 Å². The summed E-state index contributed by atoms with van der Waals surface area (Å²) in [6.45, 7) is 3.53. The number of carbonyl (C=O) groups excluding carboxylic acids is 1. The number of amides is 1. The van der Waals surface area contributed by atoms with Crippen molar-refractivity contribution in [3.8, 4) is 0 Å². The Hall–Kier alpha value is -0.610. The van der Waals surface area contributed by atoms with Crippen LogP contribution in [0, 0.1) is 11.8 Å². The first-order chi connectivity index (χ1) is 9.63. The van der Waals surface area contributed by atoms with Crippen LogP contribution in [0.25, 0.3) is 0 Å². The van der Waals surface area contributed by atoms with Gasteiger partial charge in [0.15, 0.2) is 0 Å². The smallest absolute Gasteiger partial charge is 0.234 e. The van der Waals surface area contributed by atoms with Crippen LogP contribution in [-0.4, -0.2) is 43.0 Å². The van der Waals surface area contributed by atoms with E-state index < -0.39 is 0 Å². The van der Waals surface area contributed by atoms with Crippen LogP contribution in [0.5, 0.6) is 0 Å². The van der Waals surface area contributed by atoms with Gasteiger partial charge in [0.25, 0.3) is 0 Å². The fourth-order valence-electron chi connectivity index (χ4n) is 3.62. The molecule has 0 radical (unpaired) electrons. The third-order valence-electron chi connectivity index (χ3n) is 4.97. The monoisotopic (exact) mass is 281 g/mol. The van der Waals surface area contributed by atoms with E-state index in [2.05, 4.69) is 24.2 Å². The van der Waals surface area contributed by atoms with Crippen LogP contribution in [0.15, 0.2) is 0 Å². The molecule has 20 heavy (non-hydrogen) atoms. The third kappa shape index (κ3) is 4.45. The molecule has 2 rings (SSSR count). The van der Waals surface area contributed by atoms with Gasteiger partial charge in [-0.1, -0.05) is 26.2 Å². The predicted octanol–water partition coefficient (Wildman–Crippen LogP) is 1.74. The summed E-state index contributed by atoms with van der Waals surface area (Å²) >= 11 is 0. The number of hydrogen-bond donors (Lipinski definition) is 2. The maximum absolute atomic E-state index is 12.0. The highest BCUT2D eigenvalue weighted by Crippen LogP contribution is 2.33. The van der Waals surface area contributed by atoms with Gasteiger partial charge in [0, 0.05) is 12.1 Å². The summed E-state index contributed by atoms with van der Waals surface area (Å²) in [6.07, 6.45) is 8.63. The molecule has 2 fully saturated rings. The fourth-order valence-corrected chi connectivity index (χ4v) is 3.62. The number of hydrogen-bond acceptors (Lipinski definition) is 3. The van der Waals surface area contributed by atoms with Gasteiger partial charge in [-0.05, 0) is 51.1 Å². The van der Waals surface area contributed by atoms with Crippen LogP contribution in [0.3, 0.4) is 0 Å². The molecular weight excluding hydrogens is 250 g/mol. The average molecular weight is 281 g/mol. The lowest BCUT2D eigenvalue weighted by molar-refractivity contribution is -0.123. The van der Waals surface area contributed by atoms with E-state index in [0.717, 1.165) is 25.3 Å². The van der Waals surface area contributed by atoms with Gasteiger partial charge in [-0.2, -0.15) is 0 Å². The molecule has 0 spiro atoms. The van der Waals surface area contributed by atoms with Gasteiger partial charge >= 0.3 is 0 Å². The summed E-state index contributed by atoms with van der Waals surface area (Å²) in [4.78, 5) is 14.2. The number of likely N-dealkylation sites (N-methyl/N-ethyl adjacent to an activating group) is 1. The Morgan fingerprint density at radius 2 is 2.05 bits per heavy atom. The molecule has 3 N–H and O–H groups in total. The Kier molecular flexibility index (Phi) is 5.85. The van der Waals surface area contributed by atoms with Crippen molar-refractivity contribution in [1.29, 1.82) is 0 Å². The van der Waals surface area contributed by atoms with Crippen molar-refractivity contribution in [2.24, 2.45) is 17.6 Å². The van der Waals surface area contributed by atoms with Crippen molar-refractivity contribution in [3.05, 3.63) is 0 Å². The van der Waals surface area contributed by atoms with Crippen LogP contribution in [-0.2, 0) is 4.79 Å². The number of nitrogens with two attached hydrogens (primary N) is 1. The zero-order valence-electron chi connectivity index (χ0n) is 13.1. The maximum Gasteiger partial charge on any atom is 0.234 e. The molecule has 0 aromatic heterocycles. The van der Waals surface area contributed by atoms with Crippen LogP contribution in [0.1, 0.15) is 51.9 Å². The largest absolute Gasteiger partial charge is 0.352 e. The molecule has 0 aromatic carbocycles. The van der Waals surface area contributed by atoms with Crippen molar-refractivity contribution in [2.45, 2.75) is 64.0 Å². The zero-order valence-corrected chi connectivity index (χ0v) is 13.1. The third-order valence-corrected chi connectivity index (χ3v) is 4.97. The molecule has 0 aromatic rings. The van der Waals surface area contributed by atoms with Gasteiger partial charge in [0.05, 0.1) is 6.54 Å². The lowest BCUT2D eigenvalue weighted by Gasteiger charge is -2.40. The molecule has 2 aliphatic carbocycles. The molecule has 0 bridgehead atoms. The number of nitrogens with zero attached hydrogens (tertiary/aromatic N) is 1. The van der Waals surface area contributed by atoms with Gasteiger partial charge in [-0.25, -0.2) is 0 Å². The van der Waals surface area contributed by atoms with E-state index in [9.17, 15) is 4.79 Å². The molecule has 0 heterocycles. The first-order valence-corrected chi connectivity index (χ1v) is 8.33. The van der Waals surface area contributed by atoms with E-state index in [1.54, 1.807) is 0 Å². The summed E-state index contributed by atoms with van der Waals surface area (Å²) in [5.41, 5.74) is 5.95. The van der Waals surface area contributed by atoms with Gasteiger partial charge in [-0.15, -0.1) is 0 Å². The SMILES string of the molecule is CCCC1CCC(CN)C(N(C)CC(=O)NC2CC2)C1. The molecule has 116 valence electrons. The van der Waals surface area contributed by atoms with Gasteiger partial charge in [-0.3, -0.25) is 9.69 Å². The summed E-state index contributed by atoms with van der Waals surface area (Å²) < 4.78 is 0. The Morgan fingerprint density at radius 1 is 1.30 bits per heavy atom. The lowest BCUT2D eigenvalue weighted by Crippen LogP contribution is -2.48. The standard InChI is InChI=1S/C16H31N3O/c1-3-4-12-5-6-13(10-17)15(9-12)19(2)11-16(20)18-14-7-8-14/h12-15H,3-11,17H2,1-2H3,(H,18,20). The number of nitrogens with one attached hydrogen (secondary N) is 1. The summed E-state index contributed by atoms with van der Waals surface area (Å²) in [5.74, 6) is 1.56. The van der Waals surface area contributed by atoms with Crippen molar-refractivity contribution in [1.82, 2.24) is 10.2 Å². The highest BCUT2D eigenvalue weighted by atomic mass is 16.2. The molecule has 2 aliphatic rings.